The molecular formula is C33H31BClF2N5O11. The lowest BCUT2D eigenvalue weighted by Crippen LogP contribution is -2.56. The van der Waals surface area contributed by atoms with Gasteiger partial charge in [-0.3, -0.25) is 9.59 Å². The fraction of sp³-hybridized carbons (Fsp3) is 0.303. The molecule has 3 aliphatic heterocycles. The quantitative estimate of drug-likeness (QED) is 0.137. The number of amides is 6. The third-order valence-electron chi connectivity index (χ3n) is 9.38. The van der Waals surface area contributed by atoms with Crippen molar-refractivity contribution in [2.45, 2.75) is 37.3 Å². The maximum atomic E-state index is 14.7. The van der Waals surface area contributed by atoms with Crippen molar-refractivity contribution >= 4 is 48.6 Å². The Morgan fingerprint density at radius 2 is 1.62 bits per heavy atom. The molecule has 20 heteroatoms. The SMILES string of the molecule is O=C(O)c1c(F)ccc2c1OB(O)[C@@H](NC(=O)[C@H](NC(=O)N1CCN(C3CCN(C(=O)c4ccc(O)cc4)CC3)C1=O)c1cc(F)c(O)c(O)c1Cl)C2. The Bertz CT molecular complexity index is 2000. The number of hydrogen-bond donors (Lipinski definition) is 7. The van der Waals surface area contributed by atoms with E-state index in [2.05, 4.69) is 10.6 Å². The molecule has 0 unspecified atom stereocenters. The summed E-state index contributed by atoms with van der Waals surface area (Å²) in [7, 11) is -1.93. The molecule has 0 spiro atoms. The number of fused-ring (bicyclic) bond motifs is 1. The van der Waals surface area contributed by atoms with Gasteiger partial charge in [-0.1, -0.05) is 17.7 Å². The van der Waals surface area contributed by atoms with Crippen LogP contribution in [0.15, 0.2) is 42.5 Å². The third kappa shape index (κ3) is 7.16. The number of aromatic carboxylic acids is 1. The lowest BCUT2D eigenvalue weighted by atomic mass is 9.72. The van der Waals surface area contributed by atoms with Crippen molar-refractivity contribution in [1.82, 2.24) is 25.3 Å². The molecule has 0 bridgehead atoms. The van der Waals surface area contributed by atoms with Gasteiger partial charge in [-0.2, -0.15) is 0 Å². The van der Waals surface area contributed by atoms with Crippen LogP contribution in [-0.2, 0) is 11.2 Å². The number of benzene rings is 3. The predicted molar refractivity (Wildman–Crippen MR) is 179 cm³/mol. The number of carbonyl (C=O) groups is 5. The molecule has 53 heavy (non-hydrogen) atoms. The summed E-state index contributed by atoms with van der Waals surface area (Å²) in [6.07, 6.45) is 0.506. The number of carbonyl (C=O) groups excluding carboxylic acids is 4. The van der Waals surface area contributed by atoms with Gasteiger partial charge in [-0.15, -0.1) is 0 Å². The number of phenols is 3. The van der Waals surface area contributed by atoms with Gasteiger partial charge in [0, 0.05) is 43.3 Å². The van der Waals surface area contributed by atoms with Gasteiger partial charge in [0.1, 0.15) is 28.9 Å². The van der Waals surface area contributed by atoms with Crippen LogP contribution < -0.4 is 15.3 Å². The number of phenolic OH excluding ortho intramolecular Hbond substituents is 3. The molecule has 3 aromatic rings. The molecule has 0 aliphatic carbocycles. The average molecular weight is 758 g/mol. The molecule has 7 N–H and O–H groups in total. The van der Waals surface area contributed by atoms with Crippen LogP contribution in [0.5, 0.6) is 23.0 Å². The van der Waals surface area contributed by atoms with Crippen LogP contribution >= 0.6 is 11.6 Å². The molecule has 278 valence electrons. The predicted octanol–water partition coefficient (Wildman–Crippen LogP) is 2.37. The van der Waals surface area contributed by atoms with Gasteiger partial charge >= 0.3 is 25.1 Å². The minimum absolute atomic E-state index is 0.0185. The van der Waals surface area contributed by atoms with Crippen LogP contribution in [0.2, 0.25) is 5.02 Å². The lowest BCUT2D eigenvalue weighted by molar-refractivity contribution is -0.123. The molecule has 6 rings (SSSR count). The van der Waals surface area contributed by atoms with Crippen molar-refractivity contribution in [2.75, 3.05) is 26.2 Å². The van der Waals surface area contributed by atoms with Gasteiger partial charge in [-0.25, -0.2) is 28.1 Å². The number of nitrogens with one attached hydrogen (secondary N) is 2. The first-order valence-corrected chi connectivity index (χ1v) is 16.6. The summed E-state index contributed by atoms with van der Waals surface area (Å²) in [5.41, 5.74) is -0.887. The maximum Gasteiger partial charge on any atom is 0.547 e. The summed E-state index contributed by atoms with van der Waals surface area (Å²) < 4.78 is 34.1. The number of urea groups is 2. The van der Waals surface area contributed by atoms with Gasteiger partial charge in [-0.05, 0) is 61.2 Å². The fourth-order valence-corrected chi connectivity index (χ4v) is 6.85. The van der Waals surface area contributed by atoms with Crippen molar-refractivity contribution in [3.63, 3.8) is 0 Å². The highest BCUT2D eigenvalue weighted by molar-refractivity contribution is 6.47. The first-order chi connectivity index (χ1) is 25.2. The number of carboxylic acid groups (broad SMARTS) is 1. The Labute approximate surface area is 304 Å². The van der Waals surface area contributed by atoms with E-state index >= 15 is 0 Å². The van der Waals surface area contributed by atoms with Crippen LogP contribution in [0.4, 0.5) is 18.4 Å². The minimum atomic E-state index is -1.96. The van der Waals surface area contributed by atoms with Crippen LogP contribution in [0, 0.1) is 11.6 Å². The number of rotatable bonds is 7. The van der Waals surface area contributed by atoms with Crippen LogP contribution in [0.25, 0.3) is 0 Å². The normalized spacial score (nSPS) is 18.0. The molecular weight excluding hydrogens is 727 g/mol. The first-order valence-electron chi connectivity index (χ1n) is 16.2. The first kappa shape index (κ1) is 37.0. The minimum Gasteiger partial charge on any atom is -0.534 e. The molecule has 2 saturated heterocycles. The summed E-state index contributed by atoms with van der Waals surface area (Å²) in [4.78, 5) is 69.3. The number of carboxylic acids is 1. The van der Waals surface area contributed by atoms with Crippen molar-refractivity contribution in [3.05, 3.63) is 81.4 Å². The Hall–Kier alpha value is -5.82. The molecule has 2 fully saturated rings. The zero-order valence-corrected chi connectivity index (χ0v) is 28.2. The second-order valence-corrected chi connectivity index (χ2v) is 13.0. The highest BCUT2D eigenvalue weighted by Gasteiger charge is 2.43. The summed E-state index contributed by atoms with van der Waals surface area (Å²) in [6.45, 7) is 0.609. The maximum absolute atomic E-state index is 14.7. The fourth-order valence-electron chi connectivity index (χ4n) is 6.59. The molecule has 6 amide bonds. The second-order valence-electron chi connectivity index (χ2n) is 12.6. The highest BCUT2D eigenvalue weighted by Crippen LogP contribution is 2.41. The van der Waals surface area contributed by atoms with E-state index in [-0.39, 0.29) is 42.8 Å². The highest BCUT2D eigenvalue weighted by atomic mass is 35.5. The number of likely N-dealkylation sites (tertiary alicyclic amines) is 1. The summed E-state index contributed by atoms with van der Waals surface area (Å²) in [5, 5.41) is 53.7. The lowest BCUT2D eigenvalue weighted by Gasteiger charge is -2.36. The number of piperidine rings is 1. The van der Waals surface area contributed by atoms with E-state index in [1.807, 2.05) is 0 Å². The third-order valence-corrected chi connectivity index (χ3v) is 9.78. The monoisotopic (exact) mass is 757 g/mol. The van der Waals surface area contributed by atoms with Gasteiger partial charge < -0.3 is 50.5 Å². The Morgan fingerprint density at radius 3 is 2.28 bits per heavy atom. The van der Waals surface area contributed by atoms with E-state index < -0.39 is 88.1 Å². The number of imide groups is 1. The zero-order chi connectivity index (χ0) is 38.3. The van der Waals surface area contributed by atoms with E-state index in [0.29, 0.717) is 37.6 Å². The van der Waals surface area contributed by atoms with Crippen molar-refractivity contribution < 1.29 is 62.9 Å². The van der Waals surface area contributed by atoms with Crippen molar-refractivity contribution in [1.29, 1.82) is 0 Å². The smallest absolute Gasteiger partial charge is 0.534 e. The molecule has 0 radical (unpaired) electrons. The van der Waals surface area contributed by atoms with E-state index in [1.54, 1.807) is 4.90 Å². The van der Waals surface area contributed by atoms with Crippen LogP contribution in [0.1, 0.15) is 50.7 Å². The van der Waals surface area contributed by atoms with E-state index in [9.17, 15) is 58.2 Å². The zero-order valence-electron chi connectivity index (χ0n) is 27.5. The molecule has 3 heterocycles. The molecule has 3 aliphatic rings. The Morgan fingerprint density at radius 1 is 0.943 bits per heavy atom. The molecule has 2 atom stereocenters. The topological polar surface area (TPSA) is 230 Å². The van der Waals surface area contributed by atoms with Gasteiger partial charge in [0.05, 0.1) is 11.0 Å². The molecule has 3 aromatic carbocycles. The number of aromatic hydroxyl groups is 3. The van der Waals surface area contributed by atoms with E-state index in [4.69, 9.17) is 16.3 Å². The number of halogens is 3. The molecule has 0 aromatic heterocycles. The largest absolute Gasteiger partial charge is 0.547 e. The van der Waals surface area contributed by atoms with Gasteiger partial charge in [0.15, 0.2) is 17.3 Å². The Kier molecular flexibility index (Phi) is 10.2. The van der Waals surface area contributed by atoms with Gasteiger partial charge in [0.2, 0.25) is 5.91 Å². The molecule has 16 nitrogen and oxygen atoms in total. The van der Waals surface area contributed by atoms with Crippen LogP contribution in [0.3, 0.4) is 0 Å². The Balaban J connectivity index is 1.17. The van der Waals surface area contributed by atoms with Crippen molar-refractivity contribution in [2.24, 2.45) is 0 Å². The molecule has 0 saturated carbocycles. The van der Waals surface area contributed by atoms with Gasteiger partial charge in [0.25, 0.3) is 5.91 Å². The van der Waals surface area contributed by atoms with Crippen molar-refractivity contribution in [3.8, 4) is 23.0 Å². The van der Waals surface area contributed by atoms with Crippen LogP contribution in [-0.4, -0.2) is 115 Å². The average Bonchev–Trinajstić information content (AvgIpc) is 3.52. The summed E-state index contributed by atoms with van der Waals surface area (Å²) in [5.74, 6) is -9.77. The standard InChI is InChI=1S/C33H31BClF2N5O11/c35-24-19(14-21(37)26(44)27(24)45)25(29(46)38-22-13-16-3-6-20(36)23(31(48)49)28(16)53-34(22)52)39-32(50)42-12-11-41(33(42)51)17-7-9-40(10-8-17)30(47)15-1-4-18(43)5-2-15/h1-6,14,17,22,25,43-45,52H,7-13H2,(H,38,46)(H,39,50)(H,48,49)/t22-,25+/m0/s1. The van der Waals surface area contributed by atoms with E-state index in [0.717, 1.165) is 11.0 Å². The van der Waals surface area contributed by atoms with E-state index in [1.165, 1.54) is 35.2 Å². The summed E-state index contributed by atoms with van der Waals surface area (Å²) >= 11 is 6.19. The number of nitrogens with zero attached hydrogens (tertiary/aromatic N) is 3. The second kappa shape index (κ2) is 14.7. The summed E-state index contributed by atoms with van der Waals surface area (Å²) in [6, 6.07) is 4.31. The number of hydrogen-bond acceptors (Lipinski definition) is 10.